The molecule has 0 spiro atoms. The Bertz CT molecular complexity index is 1150. The Kier molecular flexibility index (Phi) is 10.6. The van der Waals surface area contributed by atoms with Gasteiger partial charge >= 0.3 is 6.68 Å². The molecule has 3 heterocycles. The summed E-state index contributed by atoms with van der Waals surface area (Å²) in [6.45, 7) is 6.15. The molecule has 1 N–H and O–H groups in total. The average molecular weight is 491 g/mol. The lowest BCUT2D eigenvalue weighted by molar-refractivity contribution is -0.122. The predicted octanol–water partition coefficient (Wildman–Crippen LogP) is 3.93. The first-order valence-corrected chi connectivity index (χ1v) is 11.0. The SMILES string of the molecule is CCn1c(CN2CCN(C)CC2)nc2c(C#N)nc(-c3cccc(C)c3)cc21.FC(F)F.O=CO. The van der Waals surface area contributed by atoms with Crippen LogP contribution in [0.25, 0.3) is 22.3 Å². The maximum atomic E-state index is 9.71. The summed E-state index contributed by atoms with van der Waals surface area (Å²) in [6.07, 6.45) is 0. The molecule has 11 heteroatoms. The van der Waals surface area contributed by atoms with E-state index in [1.54, 1.807) is 0 Å². The van der Waals surface area contributed by atoms with Gasteiger partial charge in [0.05, 0.1) is 17.8 Å². The van der Waals surface area contributed by atoms with Crippen molar-refractivity contribution >= 4 is 17.5 Å². The van der Waals surface area contributed by atoms with Crippen LogP contribution in [-0.4, -0.2) is 75.8 Å². The molecule has 2 aromatic heterocycles. The van der Waals surface area contributed by atoms with Gasteiger partial charge in [-0.2, -0.15) is 18.4 Å². The van der Waals surface area contributed by atoms with Crippen LogP contribution in [0, 0.1) is 18.3 Å². The van der Waals surface area contributed by atoms with Crippen LogP contribution in [0.2, 0.25) is 0 Å². The highest BCUT2D eigenvalue weighted by Gasteiger charge is 2.20. The molecule has 1 saturated heterocycles. The van der Waals surface area contributed by atoms with Crippen molar-refractivity contribution in [3.63, 3.8) is 0 Å². The highest BCUT2D eigenvalue weighted by Crippen LogP contribution is 2.27. The van der Waals surface area contributed by atoms with Crippen molar-refractivity contribution in [3.05, 3.63) is 47.4 Å². The van der Waals surface area contributed by atoms with E-state index in [1.165, 1.54) is 5.56 Å². The summed E-state index contributed by atoms with van der Waals surface area (Å²) in [5.74, 6) is 1.02. The number of nitriles is 1. The topological polar surface area (TPSA) is 98.3 Å². The molecule has 8 nitrogen and oxygen atoms in total. The van der Waals surface area contributed by atoms with E-state index in [-0.39, 0.29) is 6.47 Å². The Labute approximate surface area is 202 Å². The summed E-state index contributed by atoms with van der Waals surface area (Å²) in [5.41, 5.74) is 5.15. The van der Waals surface area contributed by atoms with Gasteiger partial charge in [-0.15, -0.1) is 0 Å². The van der Waals surface area contributed by atoms with Crippen LogP contribution in [0.3, 0.4) is 0 Å². The van der Waals surface area contributed by atoms with Crippen molar-refractivity contribution in [2.75, 3.05) is 33.2 Å². The van der Waals surface area contributed by atoms with Gasteiger partial charge in [0.25, 0.3) is 6.47 Å². The maximum absolute atomic E-state index is 9.71. The second-order valence-electron chi connectivity index (χ2n) is 7.91. The van der Waals surface area contributed by atoms with Crippen molar-refractivity contribution in [1.29, 1.82) is 5.26 Å². The second kappa shape index (κ2) is 13.4. The van der Waals surface area contributed by atoms with E-state index in [2.05, 4.69) is 64.5 Å². The quantitative estimate of drug-likeness (QED) is 0.554. The molecule has 188 valence electrons. The standard InChI is InChI=1S/C22H26N6.CHF3.CH2O2/c1-4-28-20-13-18(17-7-5-6-16(2)12-17)24-19(14-23)22(20)25-21(28)15-27-10-8-26(3)9-11-27;2-1(3)4;2-1-3/h5-7,12-13H,4,8-11,15H2,1-3H3;1H;1H,(H,2,3). The summed E-state index contributed by atoms with van der Waals surface area (Å²) in [4.78, 5) is 22.6. The molecule has 1 aliphatic rings. The largest absolute Gasteiger partial charge is 0.483 e. The number of piperazine rings is 1. The number of fused-ring (bicyclic) bond motifs is 1. The molecule has 0 bridgehead atoms. The summed E-state index contributed by atoms with van der Waals surface area (Å²) < 4.78 is 31.2. The van der Waals surface area contributed by atoms with Gasteiger partial charge in [-0.1, -0.05) is 23.8 Å². The van der Waals surface area contributed by atoms with Gasteiger partial charge in [0.15, 0.2) is 5.69 Å². The smallest absolute Gasteiger partial charge is 0.379 e. The van der Waals surface area contributed by atoms with Crippen molar-refractivity contribution in [3.8, 4) is 17.3 Å². The monoisotopic (exact) mass is 490 g/mol. The van der Waals surface area contributed by atoms with E-state index in [0.29, 0.717) is 11.2 Å². The molecule has 4 rings (SSSR count). The lowest BCUT2D eigenvalue weighted by atomic mass is 10.1. The van der Waals surface area contributed by atoms with Gasteiger partial charge in [-0.25, -0.2) is 9.97 Å². The molecule has 1 fully saturated rings. The molecular weight excluding hydrogens is 461 g/mol. The van der Waals surface area contributed by atoms with Crippen LogP contribution < -0.4 is 0 Å². The summed E-state index contributed by atoms with van der Waals surface area (Å²) in [5, 5.41) is 16.6. The van der Waals surface area contributed by atoms with Crippen LogP contribution in [0.5, 0.6) is 0 Å². The number of aromatic nitrogens is 3. The third-order valence-electron chi connectivity index (χ3n) is 5.51. The van der Waals surface area contributed by atoms with E-state index >= 15 is 0 Å². The van der Waals surface area contributed by atoms with Crippen molar-refractivity contribution < 1.29 is 23.1 Å². The van der Waals surface area contributed by atoms with Crippen LogP contribution in [-0.2, 0) is 17.9 Å². The Morgan fingerprint density at radius 3 is 2.34 bits per heavy atom. The second-order valence-corrected chi connectivity index (χ2v) is 7.91. The van der Waals surface area contributed by atoms with Gasteiger partial charge in [0.1, 0.15) is 17.4 Å². The number of benzene rings is 1. The van der Waals surface area contributed by atoms with Crippen molar-refractivity contribution in [1.82, 2.24) is 24.3 Å². The average Bonchev–Trinajstić information content (AvgIpc) is 3.17. The lowest BCUT2D eigenvalue weighted by Gasteiger charge is -2.32. The van der Waals surface area contributed by atoms with Gasteiger partial charge in [-0.3, -0.25) is 9.69 Å². The minimum Gasteiger partial charge on any atom is -0.483 e. The number of pyridine rings is 1. The third kappa shape index (κ3) is 7.77. The number of alkyl halides is 3. The number of rotatable bonds is 4. The van der Waals surface area contributed by atoms with Crippen LogP contribution in [0.15, 0.2) is 30.3 Å². The molecular formula is C24H29F3N6O2. The Morgan fingerprint density at radius 1 is 1.17 bits per heavy atom. The van der Waals surface area contributed by atoms with Gasteiger partial charge in [0, 0.05) is 38.3 Å². The first-order chi connectivity index (χ1) is 16.7. The first-order valence-electron chi connectivity index (χ1n) is 11.0. The van der Waals surface area contributed by atoms with Gasteiger partial charge in [0.2, 0.25) is 0 Å². The predicted molar refractivity (Wildman–Crippen MR) is 127 cm³/mol. The fourth-order valence-electron chi connectivity index (χ4n) is 3.88. The molecule has 1 aliphatic heterocycles. The number of hydrogen-bond donors (Lipinski definition) is 1. The lowest BCUT2D eigenvalue weighted by Crippen LogP contribution is -2.44. The zero-order valence-electron chi connectivity index (χ0n) is 20.0. The molecule has 35 heavy (non-hydrogen) atoms. The molecule has 3 aromatic rings. The molecule has 1 aromatic carbocycles. The molecule has 0 aliphatic carbocycles. The number of aryl methyl sites for hydroxylation is 2. The normalized spacial score (nSPS) is 14.0. The van der Waals surface area contributed by atoms with Crippen LogP contribution in [0.4, 0.5) is 13.2 Å². The number of carbonyl (C=O) groups is 1. The molecule has 0 radical (unpaired) electrons. The Morgan fingerprint density at radius 2 is 1.80 bits per heavy atom. The van der Waals surface area contributed by atoms with Crippen molar-refractivity contribution in [2.45, 2.75) is 33.6 Å². The minimum absolute atomic E-state index is 0.250. The fourth-order valence-corrected chi connectivity index (χ4v) is 3.88. The van der Waals surface area contributed by atoms with E-state index in [4.69, 9.17) is 14.9 Å². The summed E-state index contributed by atoms with van der Waals surface area (Å²) in [6, 6.07) is 12.6. The van der Waals surface area contributed by atoms with E-state index in [9.17, 15) is 18.4 Å². The Balaban J connectivity index is 0.000000551. The minimum atomic E-state index is -3.67. The Hall–Kier alpha value is -3.49. The van der Waals surface area contributed by atoms with Crippen LogP contribution >= 0.6 is 0 Å². The van der Waals surface area contributed by atoms with E-state index in [1.807, 2.05) is 12.1 Å². The van der Waals surface area contributed by atoms with E-state index < -0.39 is 6.68 Å². The van der Waals surface area contributed by atoms with Crippen molar-refractivity contribution in [2.24, 2.45) is 0 Å². The number of imidazole rings is 1. The molecule has 0 saturated carbocycles. The summed E-state index contributed by atoms with van der Waals surface area (Å²) >= 11 is 0. The zero-order chi connectivity index (χ0) is 26.0. The zero-order valence-corrected chi connectivity index (χ0v) is 20.0. The summed E-state index contributed by atoms with van der Waals surface area (Å²) in [7, 11) is 2.16. The van der Waals surface area contributed by atoms with Crippen LogP contribution in [0.1, 0.15) is 24.0 Å². The molecule has 0 unspecified atom stereocenters. The molecule has 0 atom stereocenters. The van der Waals surface area contributed by atoms with Gasteiger partial charge < -0.3 is 14.6 Å². The fraction of sp³-hybridized carbons (Fsp3) is 0.417. The third-order valence-corrected chi connectivity index (χ3v) is 5.51. The molecule has 0 amide bonds. The van der Waals surface area contributed by atoms with E-state index in [0.717, 1.165) is 61.9 Å². The highest BCUT2D eigenvalue weighted by atomic mass is 19.4. The number of halogens is 3. The highest BCUT2D eigenvalue weighted by molar-refractivity contribution is 5.84. The number of likely N-dealkylation sites (N-methyl/N-ethyl adjacent to an activating group) is 1. The number of hydrogen-bond acceptors (Lipinski definition) is 6. The first kappa shape index (κ1) is 27.8. The number of nitrogens with zero attached hydrogens (tertiary/aromatic N) is 6. The number of carboxylic acid groups (broad SMARTS) is 1. The van der Waals surface area contributed by atoms with Gasteiger partial charge in [-0.05, 0) is 33.0 Å². The maximum Gasteiger partial charge on any atom is 0.379 e.